The highest BCUT2D eigenvalue weighted by molar-refractivity contribution is 7.99. The van der Waals surface area contributed by atoms with Gasteiger partial charge in [-0.3, -0.25) is 9.98 Å². The molecule has 1 saturated heterocycles. The Balaban J connectivity index is 1.49. The molecule has 0 bridgehead atoms. The molecule has 0 amide bonds. The first-order valence-corrected chi connectivity index (χ1v) is 10.2. The zero-order valence-electron chi connectivity index (χ0n) is 15.9. The first-order chi connectivity index (χ1) is 13.8. The van der Waals surface area contributed by atoms with Crippen LogP contribution in [0.15, 0.2) is 39.4 Å². The van der Waals surface area contributed by atoms with Crippen LogP contribution in [-0.4, -0.2) is 40.3 Å². The second-order valence-corrected chi connectivity index (χ2v) is 8.38. The number of aromatic nitrogens is 3. The maximum absolute atomic E-state index is 13.2. The van der Waals surface area contributed by atoms with Crippen molar-refractivity contribution in [1.82, 2.24) is 15.0 Å². The Hall–Kier alpha value is -2.36. The molecule has 2 aliphatic heterocycles. The van der Waals surface area contributed by atoms with Crippen molar-refractivity contribution in [2.45, 2.75) is 42.3 Å². The average molecular weight is 422 g/mol. The summed E-state index contributed by atoms with van der Waals surface area (Å²) < 4.78 is 39.5. The van der Waals surface area contributed by atoms with Crippen molar-refractivity contribution in [3.8, 4) is 0 Å². The monoisotopic (exact) mass is 422 g/mol. The topological polar surface area (TPSA) is 80.3 Å². The Kier molecular flexibility index (Phi) is 5.14. The number of nitrogens with zero attached hydrogens (tertiary/aromatic N) is 5. The summed E-state index contributed by atoms with van der Waals surface area (Å²) >= 11 is 0.823. The molecular weight excluding hydrogens is 401 g/mol. The van der Waals surface area contributed by atoms with Gasteiger partial charge >= 0.3 is 6.18 Å². The van der Waals surface area contributed by atoms with Crippen LogP contribution in [0, 0.1) is 5.41 Å². The maximum atomic E-state index is 13.2. The minimum absolute atomic E-state index is 0.0512. The molecule has 2 N–H and O–H groups in total. The van der Waals surface area contributed by atoms with Crippen molar-refractivity contribution in [2.75, 3.05) is 30.3 Å². The molecule has 0 unspecified atom stereocenters. The van der Waals surface area contributed by atoms with E-state index in [0.717, 1.165) is 56.9 Å². The molecule has 0 atom stereocenters. The molecular formula is C19H21F3N6S. The molecule has 0 radical (unpaired) electrons. The van der Waals surface area contributed by atoms with Gasteiger partial charge in [0.1, 0.15) is 10.8 Å². The highest BCUT2D eigenvalue weighted by atomic mass is 32.2. The summed E-state index contributed by atoms with van der Waals surface area (Å²) in [6.45, 7) is 4.67. The Bertz CT molecular complexity index is 938. The number of pyridine rings is 1. The Morgan fingerprint density at radius 3 is 2.55 bits per heavy atom. The molecule has 154 valence electrons. The standard InChI is InChI=1S/C19H21F3N6S/c1-12-18(4-8-24-12)5-9-28(10-6-18)14-11-26-17(16(23)27-14)29-13-3-2-7-25-15(13)19(20,21)22/h2-3,7,11H,4-6,8-10H2,1H3,(H2,23,27). The lowest BCUT2D eigenvalue weighted by atomic mass is 9.74. The van der Waals surface area contributed by atoms with Crippen LogP contribution in [0.3, 0.4) is 0 Å². The number of aliphatic imine (C=N–C) groups is 1. The minimum Gasteiger partial charge on any atom is -0.381 e. The van der Waals surface area contributed by atoms with E-state index in [9.17, 15) is 13.2 Å². The van der Waals surface area contributed by atoms with E-state index in [-0.39, 0.29) is 21.2 Å². The molecule has 29 heavy (non-hydrogen) atoms. The molecule has 0 saturated carbocycles. The van der Waals surface area contributed by atoms with Crippen LogP contribution in [0.2, 0.25) is 0 Å². The minimum atomic E-state index is -4.54. The molecule has 1 fully saturated rings. The van der Waals surface area contributed by atoms with E-state index >= 15 is 0 Å². The maximum Gasteiger partial charge on any atom is 0.434 e. The van der Waals surface area contributed by atoms with Crippen LogP contribution < -0.4 is 10.6 Å². The smallest absolute Gasteiger partial charge is 0.381 e. The van der Waals surface area contributed by atoms with Gasteiger partial charge in [-0.15, -0.1) is 0 Å². The van der Waals surface area contributed by atoms with E-state index in [1.807, 2.05) is 0 Å². The Labute approximate surface area is 170 Å². The van der Waals surface area contributed by atoms with E-state index in [0.29, 0.717) is 5.82 Å². The number of nitrogens with two attached hydrogens (primary N) is 1. The predicted molar refractivity (Wildman–Crippen MR) is 106 cm³/mol. The van der Waals surface area contributed by atoms with Gasteiger partial charge in [-0.2, -0.15) is 13.2 Å². The van der Waals surface area contributed by atoms with Crippen LogP contribution in [0.4, 0.5) is 24.8 Å². The van der Waals surface area contributed by atoms with Crippen LogP contribution in [0.25, 0.3) is 0 Å². The van der Waals surface area contributed by atoms with Crippen molar-refractivity contribution in [1.29, 1.82) is 0 Å². The number of nitrogen functional groups attached to an aromatic ring is 1. The molecule has 6 nitrogen and oxygen atoms in total. The Morgan fingerprint density at radius 1 is 1.17 bits per heavy atom. The molecule has 10 heteroatoms. The highest BCUT2D eigenvalue weighted by Gasteiger charge is 2.40. The predicted octanol–water partition coefficient (Wildman–Crippen LogP) is 4.08. The molecule has 2 aliphatic rings. The van der Waals surface area contributed by atoms with E-state index in [1.54, 1.807) is 6.20 Å². The molecule has 4 rings (SSSR count). The van der Waals surface area contributed by atoms with Crippen molar-refractivity contribution >= 4 is 29.1 Å². The number of rotatable bonds is 3. The van der Waals surface area contributed by atoms with Crippen molar-refractivity contribution in [3.05, 3.63) is 30.2 Å². The number of hydrogen-bond donors (Lipinski definition) is 1. The lowest BCUT2D eigenvalue weighted by Gasteiger charge is -2.40. The third-order valence-electron chi connectivity index (χ3n) is 5.75. The van der Waals surface area contributed by atoms with Gasteiger partial charge < -0.3 is 10.6 Å². The van der Waals surface area contributed by atoms with Gasteiger partial charge in [0.05, 0.1) is 6.20 Å². The number of hydrogen-bond acceptors (Lipinski definition) is 7. The van der Waals surface area contributed by atoms with E-state index in [4.69, 9.17) is 5.73 Å². The number of halogens is 3. The van der Waals surface area contributed by atoms with Crippen molar-refractivity contribution in [2.24, 2.45) is 10.4 Å². The van der Waals surface area contributed by atoms with Gasteiger partial charge in [0.25, 0.3) is 0 Å². The van der Waals surface area contributed by atoms with Crippen molar-refractivity contribution in [3.63, 3.8) is 0 Å². The quantitative estimate of drug-likeness (QED) is 0.803. The zero-order chi connectivity index (χ0) is 20.6. The normalized spacial score (nSPS) is 18.9. The number of anilines is 2. The Morgan fingerprint density at radius 2 is 1.93 bits per heavy atom. The lowest BCUT2D eigenvalue weighted by molar-refractivity contribution is -0.143. The van der Waals surface area contributed by atoms with Gasteiger partial charge in [-0.1, -0.05) is 11.8 Å². The van der Waals surface area contributed by atoms with E-state index in [2.05, 4.69) is 31.8 Å². The molecule has 0 aliphatic carbocycles. The zero-order valence-corrected chi connectivity index (χ0v) is 16.7. The summed E-state index contributed by atoms with van der Waals surface area (Å²) in [7, 11) is 0. The molecule has 2 aromatic heterocycles. The van der Waals surface area contributed by atoms with E-state index < -0.39 is 11.9 Å². The second kappa shape index (κ2) is 7.47. The van der Waals surface area contributed by atoms with E-state index in [1.165, 1.54) is 17.8 Å². The fraction of sp³-hybridized carbons (Fsp3) is 0.474. The summed E-state index contributed by atoms with van der Waals surface area (Å²) in [5.41, 5.74) is 6.53. The summed E-state index contributed by atoms with van der Waals surface area (Å²) in [5.74, 6) is 0.764. The van der Waals surface area contributed by atoms with Crippen LogP contribution in [-0.2, 0) is 6.18 Å². The summed E-state index contributed by atoms with van der Waals surface area (Å²) in [4.78, 5) is 18.8. The fourth-order valence-electron chi connectivity index (χ4n) is 3.97. The van der Waals surface area contributed by atoms with Gasteiger partial charge in [0.2, 0.25) is 0 Å². The number of piperidine rings is 1. The van der Waals surface area contributed by atoms with Crippen LogP contribution >= 0.6 is 11.8 Å². The van der Waals surface area contributed by atoms with Crippen LogP contribution in [0.1, 0.15) is 31.9 Å². The third-order valence-corrected chi connectivity index (χ3v) is 6.81. The molecule has 1 spiro atoms. The summed E-state index contributed by atoms with van der Waals surface area (Å²) in [6.07, 6.45) is 1.26. The molecule has 4 heterocycles. The lowest BCUT2D eigenvalue weighted by Crippen LogP contribution is -2.42. The second-order valence-electron chi connectivity index (χ2n) is 7.35. The first-order valence-electron chi connectivity index (χ1n) is 9.38. The number of alkyl halides is 3. The van der Waals surface area contributed by atoms with Crippen LogP contribution in [0.5, 0.6) is 0 Å². The highest BCUT2D eigenvalue weighted by Crippen LogP contribution is 2.42. The summed E-state index contributed by atoms with van der Waals surface area (Å²) in [6, 6.07) is 2.80. The summed E-state index contributed by atoms with van der Waals surface area (Å²) in [5, 5.41) is 0.236. The molecule has 2 aromatic rings. The fourth-order valence-corrected chi connectivity index (χ4v) is 4.84. The van der Waals surface area contributed by atoms with Crippen molar-refractivity contribution < 1.29 is 13.2 Å². The first kappa shape index (κ1) is 19.9. The van der Waals surface area contributed by atoms with Gasteiger partial charge in [-0.25, -0.2) is 9.97 Å². The SMILES string of the molecule is CC1=NCCC12CCN(c1cnc(Sc3cccnc3C(F)(F)F)c(N)n1)CC2. The molecule has 0 aromatic carbocycles. The largest absolute Gasteiger partial charge is 0.434 e. The average Bonchev–Trinajstić information content (AvgIpc) is 3.03. The third kappa shape index (κ3) is 3.90. The van der Waals surface area contributed by atoms with Gasteiger partial charge in [0.15, 0.2) is 11.5 Å². The van der Waals surface area contributed by atoms with Gasteiger partial charge in [-0.05, 0) is 38.3 Å². The van der Waals surface area contributed by atoms with Gasteiger partial charge in [0, 0.05) is 41.9 Å².